The predicted octanol–water partition coefficient (Wildman–Crippen LogP) is 1.40. The molecule has 0 aromatic carbocycles. The molecule has 2 amide bonds. The first kappa shape index (κ1) is 15.4. The maximum atomic E-state index is 11.4. The molecule has 6 nitrogen and oxygen atoms in total. The van der Waals surface area contributed by atoms with Crippen molar-refractivity contribution in [2.24, 2.45) is 5.92 Å². The van der Waals surface area contributed by atoms with E-state index in [0.29, 0.717) is 19.4 Å². The molecule has 19 heavy (non-hydrogen) atoms. The second-order valence-electron chi connectivity index (χ2n) is 4.21. The molecule has 106 valence electrons. The summed E-state index contributed by atoms with van der Waals surface area (Å²) >= 11 is 1.57. The number of urea groups is 1. The lowest BCUT2D eigenvalue weighted by atomic mass is 10.1. The quantitative estimate of drug-likeness (QED) is 0.706. The minimum atomic E-state index is -0.888. The van der Waals surface area contributed by atoms with Crippen LogP contribution in [0.5, 0.6) is 0 Å². The van der Waals surface area contributed by atoms with Crippen LogP contribution in [0.15, 0.2) is 5.38 Å². The van der Waals surface area contributed by atoms with E-state index in [4.69, 9.17) is 5.11 Å². The maximum absolute atomic E-state index is 11.4. The van der Waals surface area contributed by atoms with Crippen molar-refractivity contribution in [3.63, 3.8) is 0 Å². The molecule has 0 aliphatic rings. The number of nitrogens with one attached hydrogen (secondary N) is 2. The third-order valence-corrected chi connectivity index (χ3v) is 3.67. The topological polar surface area (TPSA) is 91.3 Å². The molecule has 1 unspecified atom stereocenters. The highest BCUT2D eigenvalue weighted by molar-refractivity contribution is 7.09. The van der Waals surface area contributed by atoms with Gasteiger partial charge < -0.3 is 15.7 Å². The minimum Gasteiger partial charge on any atom is -0.481 e. The van der Waals surface area contributed by atoms with Crippen LogP contribution in [0.3, 0.4) is 0 Å². The van der Waals surface area contributed by atoms with E-state index in [2.05, 4.69) is 15.6 Å². The van der Waals surface area contributed by atoms with Gasteiger partial charge in [-0.05, 0) is 13.3 Å². The molecular formula is C12H19N3O3S. The van der Waals surface area contributed by atoms with Gasteiger partial charge in [-0.2, -0.15) is 0 Å². The monoisotopic (exact) mass is 285 g/mol. The summed E-state index contributed by atoms with van der Waals surface area (Å²) in [5.74, 6) is -1.42. The lowest BCUT2D eigenvalue weighted by Crippen LogP contribution is -2.40. The lowest BCUT2D eigenvalue weighted by Gasteiger charge is -2.11. The summed E-state index contributed by atoms with van der Waals surface area (Å²) in [6.45, 7) is 4.34. The fraction of sp³-hybridized carbons (Fsp3) is 0.583. The molecule has 0 saturated carbocycles. The average molecular weight is 285 g/mol. The van der Waals surface area contributed by atoms with Gasteiger partial charge in [-0.1, -0.05) is 6.92 Å². The van der Waals surface area contributed by atoms with Gasteiger partial charge in [0.25, 0.3) is 0 Å². The Labute approximate surface area is 116 Å². The smallest absolute Gasteiger partial charge is 0.314 e. The normalized spacial score (nSPS) is 11.9. The number of rotatable bonds is 7. The van der Waals surface area contributed by atoms with Crippen molar-refractivity contribution >= 4 is 23.3 Å². The number of aliphatic carboxylic acids is 1. The van der Waals surface area contributed by atoms with Gasteiger partial charge in [-0.3, -0.25) is 4.79 Å². The standard InChI is InChI=1S/C12H19N3O3S/c1-3-9(11(16)17)6-14-12(18)13-5-4-10-15-8(2)7-19-10/h7,9H,3-6H2,1-2H3,(H,16,17)(H2,13,14,18). The van der Waals surface area contributed by atoms with Crippen molar-refractivity contribution < 1.29 is 14.7 Å². The Morgan fingerprint density at radius 3 is 2.74 bits per heavy atom. The molecule has 1 atom stereocenters. The highest BCUT2D eigenvalue weighted by atomic mass is 32.1. The second-order valence-corrected chi connectivity index (χ2v) is 5.16. The summed E-state index contributed by atoms with van der Waals surface area (Å²) in [4.78, 5) is 26.5. The minimum absolute atomic E-state index is 0.147. The summed E-state index contributed by atoms with van der Waals surface area (Å²) in [7, 11) is 0. The molecule has 7 heteroatoms. The van der Waals surface area contributed by atoms with Gasteiger partial charge in [0.1, 0.15) is 0 Å². The SMILES string of the molecule is CCC(CNC(=O)NCCc1nc(C)cs1)C(=O)O. The lowest BCUT2D eigenvalue weighted by molar-refractivity contribution is -0.141. The third kappa shape index (κ3) is 5.69. The predicted molar refractivity (Wildman–Crippen MR) is 73.4 cm³/mol. The molecule has 3 N–H and O–H groups in total. The number of aromatic nitrogens is 1. The van der Waals surface area contributed by atoms with Crippen LogP contribution in [0.2, 0.25) is 0 Å². The summed E-state index contributed by atoms with van der Waals surface area (Å²) in [6.07, 6.45) is 1.18. The highest BCUT2D eigenvalue weighted by Crippen LogP contribution is 2.08. The molecule has 0 aliphatic heterocycles. The van der Waals surface area contributed by atoms with Crippen molar-refractivity contribution in [1.82, 2.24) is 15.6 Å². The van der Waals surface area contributed by atoms with Crippen molar-refractivity contribution in [3.8, 4) is 0 Å². The van der Waals surface area contributed by atoms with Crippen molar-refractivity contribution in [2.75, 3.05) is 13.1 Å². The Morgan fingerprint density at radius 2 is 2.21 bits per heavy atom. The van der Waals surface area contributed by atoms with Crippen molar-refractivity contribution in [1.29, 1.82) is 0 Å². The van der Waals surface area contributed by atoms with E-state index in [1.165, 1.54) is 0 Å². The van der Waals surface area contributed by atoms with Crippen LogP contribution < -0.4 is 10.6 Å². The van der Waals surface area contributed by atoms with E-state index in [0.717, 1.165) is 10.7 Å². The van der Waals surface area contributed by atoms with E-state index in [1.807, 2.05) is 12.3 Å². The Balaban J connectivity index is 2.19. The second kappa shape index (κ2) is 7.73. The Kier molecular flexibility index (Phi) is 6.27. The van der Waals surface area contributed by atoms with E-state index >= 15 is 0 Å². The summed E-state index contributed by atoms with van der Waals surface area (Å²) < 4.78 is 0. The van der Waals surface area contributed by atoms with E-state index in [9.17, 15) is 9.59 Å². The molecule has 1 aromatic heterocycles. The number of aryl methyl sites for hydroxylation is 1. The van der Waals surface area contributed by atoms with Gasteiger partial charge in [0.05, 0.1) is 10.9 Å². The Hall–Kier alpha value is -1.63. The number of carboxylic acids is 1. The van der Waals surface area contributed by atoms with Gasteiger partial charge in [0.15, 0.2) is 0 Å². The molecule has 0 radical (unpaired) electrons. The van der Waals surface area contributed by atoms with Crippen LogP contribution in [0.4, 0.5) is 4.79 Å². The summed E-state index contributed by atoms with van der Waals surface area (Å²) in [5.41, 5.74) is 0.983. The van der Waals surface area contributed by atoms with E-state index in [-0.39, 0.29) is 12.6 Å². The Morgan fingerprint density at radius 1 is 1.47 bits per heavy atom. The van der Waals surface area contributed by atoms with Gasteiger partial charge in [-0.15, -0.1) is 11.3 Å². The molecule has 0 aliphatic carbocycles. The van der Waals surface area contributed by atoms with Gasteiger partial charge in [0, 0.05) is 30.6 Å². The molecule has 0 fully saturated rings. The van der Waals surface area contributed by atoms with Crippen LogP contribution in [-0.4, -0.2) is 35.2 Å². The number of nitrogens with zero attached hydrogens (tertiary/aromatic N) is 1. The molecule has 0 saturated heterocycles. The number of hydrogen-bond acceptors (Lipinski definition) is 4. The first-order valence-corrected chi connectivity index (χ1v) is 7.06. The zero-order chi connectivity index (χ0) is 14.3. The number of carboxylic acid groups (broad SMARTS) is 1. The van der Waals surface area contributed by atoms with Crippen molar-refractivity contribution in [2.45, 2.75) is 26.7 Å². The number of thiazole rings is 1. The van der Waals surface area contributed by atoms with Crippen LogP contribution in [0.25, 0.3) is 0 Å². The van der Waals surface area contributed by atoms with Crippen LogP contribution in [0.1, 0.15) is 24.0 Å². The highest BCUT2D eigenvalue weighted by Gasteiger charge is 2.15. The third-order valence-electron chi connectivity index (χ3n) is 2.64. The summed E-state index contributed by atoms with van der Waals surface area (Å²) in [6, 6.07) is -0.340. The number of hydrogen-bond donors (Lipinski definition) is 3. The van der Waals surface area contributed by atoms with E-state index < -0.39 is 11.9 Å². The molecule has 0 spiro atoms. The molecule has 1 rings (SSSR count). The molecule has 1 heterocycles. The fourth-order valence-corrected chi connectivity index (χ4v) is 2.26. The molecular weight excluding hydrogens is 266 g/mol. The molecule has 0 bridgehead atoms. The van der Waals surface area contributed by atoms with Gasteiger partial charge >= 0.3 is 12.0 Å². The summed E-state index contributed by atoms with van der Waals surface area (Å²) in [5, 5.41) is 17.0. The van der Waals surface area contributed by atoms with Crippen molar-refractivity contribution in [3.05, 3.63) is 16.1 Å². The average Bonchev–Trinajstić information content (AvgIpc) is 2.75. The first-order valence-electron chi connectivity index (χ1n) is 6.18. The maximum Gasteiger partial charge on any atom is 0.314 e. The van der Waals surface area contributed by atoms with Gasteiger partial charge in [-0.25, -0.2) is 9.78 Å². The van der Waals surface area contributed by atoms with Gasteiger partial charge in [0.2, 0.25) is 0 Å². The Bertz CT molecular complexity index is 434. The van der Waals surface area contributed by atoms with E-state index in [1.54, 1.807) is 18.3 Å². The van der Waals surface area contributed by atoms with Crippen LogP contribution in [-0.2, 0) is 11.2 Å². The number of amides is 2. The fourth-order valence-electron chi connectivity index (χ4n) is 1.49. The van der Waals surface area contributed by atoms with Crippen LogP contribution in [0, 0.1) is 12.8 Å². The largest absolute Gasteiger partial charge is 0.481 e. The zero-order valence-electron chi connectivity index (χ0n) is 11.1. The number of carbonyl (C=O) groups excluding carboxylic acids is 1. The van der Waals surface area contributed by atoms with Crippen LogP contribution >= 0.6 is 11.3 Å². The zero-order valence-corrected chi connectivity index (χ0v) is 11.9. The number of carbonyl (C=O) groups is 2. The first-order chi connectivity index (χ1) is 9.02. The molecule has 1 aromatic rings.